The maximum Gasteiger partial charge on any atom is 0.116 e. The largest absolute Gasteiger partial charge is 0.491 e. The Morgan fingerprint density at radius 2 is 1.47 bits per heavy atom. The van der Waals surface area contributed by atoms with Crippen LogP contribution in [0.3, 0.4) is 0 Å². The monoisotopic (exact) mass is 1170 g/mol. The highest BCUT2D eigenvalue weighted by Crippen LogP contribution is 2.68. The summed E-state index contributed by atoms with van der Waals surface area (Å²) in [7, 11) is 0. The lowest BCUT2D eigenvalue weighted by Crippen LogP contribution is -2.49. The van der Waals surface area contributed by atoms with Gasteiger partial charge in [-0.15, -0.1) is 19.7 Å². The topological polar surface area (TPSA) is 24.9 Å². The van der Waals surface area contributed by atoms with Crippen molar-refractivity contribution in [1.82, 2.24) is 4.90 Å². The Hall–Kier alpha value is -4.54. The minimum absolute atomic E-state index is 0.201. The summed E-state index contributed by atoms with van der Waals surface area (Å²) in [6.45, 7) is 19.7. The molecule has 13 aliphatic rings. The van der Waals surface area contributed by atoms with E-state index in [1.54, 1.807) is 33.5 Å². The first-order chi connectivity index (χ1) is 42.6. The molecule has 87 heavy (non-hydrogen) atoms. The van der Waals surface area contributed by atoms with Gasteiger partial charge in [-0.1, -0.05) is 141 Å². The van der Waals surface area contributed by atoms with Gasteiger partial charge in [0.15, 0.2) is 0 Å². The van der Waals surface area contributed by atoms with Crippen LogP contribution in [-0.4, -0.2) is 47.4 Å². The first-order valence-electron chi connectivity index (χ1n) is 36.7. The quantitative estimate of drug-likeness (QED) is 0.163. The number of hydrogen-bond acceptors (Lipinski definition) is 4. The average Bonchev–Trinajstić information content (AvgIpc) is 1.63. The molecule has 1 heterocycles. The summed E-state index contributed by atoms with van der Waals surface area (Å²) < 4.78 is 13.8. The summed E-state index contributed by atoms with van der Waals surface area (Å²) in [6, 6.07) is 10.0. The molecule has 1 aromatic rings. The number of benzene rings is 1. The predicted octanol–water partition coefficient (Wildman–Crippen LogP) is 21.8. The van der Waals surface area contributed by atoms with E-state index < -0.39 is 0 Å². The van der Waals surface area contributed by atoms with Crippen LogP contribution in [0.25, 0.3) is 0 Å². The van der Waals surface area contributed by atoms with Crippen molar-refractivity contribution in [1.29, 1.82) is 0 Å². The van der Waals surface area contributed by atoms with Crippen molar-refractivity contribution in [2.75, 3.05) is 4.90 Å². The van der Waals surface area contributed by atoms with Gasteiger partial charge in [0.25, 0.3) is 0 Å². The lowest BCUT2D eigenvalue weighted by molar-refractivity contribution is -0.0397. The van der Waals surface area contributed by atoms with E-state index in [1.165, 1.54) is 166 Å². The van der Waals surface area contributed by atoms with Gasteiger partial charge in [0, 0.05) is 59.2 Å². The van der Waals surface area contributed by atoms with Crippen molar-refractivity contribution in [2.24, 2.45) is 46.3 Å². The fourth-order valence-electron chi connectivity index (χ4n) is 21.2. The molecule has 466 valence electrons. The maximum absolute atomic E-state index is 7.06. The maximum atomic E-state index is 7.06. The Morgan fingerprint density at radius 1 is 0.621 bits per heavy atom. The minimum Gasteiger partial charge on any atom is -0.491 e. The van der Waals surface area contributed by atoms with Gasteiger partial charge >= 0.3 is 0 Å². The summed E-state index contributed by atoms with van der Waals surface area (Å²) in [4.78, 5) is 6.07. The van der Waals surface area contributed by atoms with E-state index in [2.05, 4.69) is 147 Å². The van der Waals surface area contributed by atoms with Gasteiger partial charge in [-0.05, 0) is 268 Å². The van der Waals surface area contributed by atoms with E-state index in [-0.39, 0.29) is 16.9 Å². The Balaban J connectivity index is 0.747. The molecule has 4 nitrogen and oxygen atoms in total. The number of rotatable bonds is 15. The first kappa shape index (κ1) is 60.0. The molecule has 2 fully saturated rings. The second kappa shape index (κ2) is 26.0. The van der Waals surface area contributed by atoms with Crippen molar-refractivity contribution in [2.45, 2.75) is 287 Å². The van der Waals surface area contributed by atoms with Gasteiger partial charge < -0.3 is 19.3 Å². The van der Waals surface area contributed by atoms with E-state index in [4.69, 9.17) is 9.47 Å². The molecule has 14 rings (SSSR count). The zero-order chi connectivity index (χ0) is 59.2. The summed E-state index contributed by atoms with van der Waals surface area (Å²) >= 11 is 0. The van der Waals surface area contributed by atoms with Crippen LogP contribution in [0.15, 0.2) is 162 Å². The summed E-state index contributed by atoms with van der Waals surface area (Å²) in [6.07, 6.45) is 74.9. The zero-order valence-corrected chi connectivity index (χ0v) is 54.6. The third-order valence-corrected chi connectivity index (χ3v) is 25.8. The standard InChI is InChI=1S/C83H112N2O2/c1-7-56-19-25-59(26-20-56)61-29-51-80-76(53-61)77-54-62(30-52-81(77)85(80)68-39-48-73(49-40-68)87-71-44-23-58(9-3)24-45-71)60-27-35-66(36-28-60)84(67-37-31-63(32-38-67)82(4,5)6)69-41-50-75-74-17-13-14-18-78(74)83(79(75)55-69,64-15-11-10-12-16-64)65-33-46-72(47-34-65)86-70-42-21-57(8-2)22-43-70/h7-9,23,25,29-31,33,35,41,44,48,50,52,54,56-58,60,64,67-72,75-76,79-80H,1-3,10-22,24,26-28,32,34,36-40,42-43,45-47,49,51,53,55H2,4-6H3. The van der Waals surface area contributed by atoms with E-state index in [0.29, 0.717) is 77.8 Å². The van der Waals surface area contributed by atoms with Crippen LogP contribution < -0.4 is 4.90 Å². The number of allylic oxidation sites excluding steroid dienone is 15. The van der Waals surface area contributed by atoms with E-state index in [0.717, 1.165) is 63.7 Å². The molecule has 0 radical (unpaired) electrons. The summed E-state index contributed by atoms with van der Waals surface area (Å²) in [5.74, 6) is 6.19. The molecule has 0 saturated heterocycles. The van der Waals surface area contributed by atoms with Crippen molar-refractivity contribution >= 4 is 5.69 Å². The minimum atomic E-state index is 0.201. The van der Waals surface area contributed by atoms with Crippen molar-refractivity contribution in [3.8, 4) is 0 Å². The molecular formula is C83H112N2O2. The molecule has 1 aliphatic heterocycles. The predicted molar refractivity (Wildman–Crippen MR) is 365 cm³/mol. The van der Waals surface area contributed by atoms with Crippen molar-refractivity contribution in [3.63, 3.8) is 0 Å². The van der Waals surface area contributed by atoms with Gasteiger partial charge in [0.1, 0.15) is 6.10 Å². The Labute approximate surface area is 528 Å². The van der Waals surface area contributed by atoms with Crippen LogP contribution in [0, 0.1) is 46.3 Å². The second-order valence-electron chi connectivity index (χ2n) is 31.4. The highest BCUT2D eigenvalue weighted by Gasteiger charge is 2.60. The van der Waals surface area contributed by atoms with Crippen LogP contribution in [0.2, 0.25) is 0 Å². The molecule has 13 atom stereocenters. The molecule has 0 aromatic heterocycles. The van der Waals surface area contributed by atoms with Crippen LogP contribution >= 0.6 is 0 Å². The first-order valence-corrected chi connectivity index (χ1v) is 36.7. The molecular weight excluding hydrogens is 1060 g/mol. The number of anilines is 1. The van der Waals surface area contributed by atoms with Gasteiger partial charge in [0.05, 0.1) is 18.0 Å². The van der Waals surface area contributed by atoms with Crippen molar-refractivity contribution < 1.29 is 9.47 Å². The van der Waals surface area contributed by atoms with Gasteiger partial charge in [-0.2, -0.15) is 0 Å². The summed E-state index contributed by atoms with van der Waals surface area (Å²) in [5.41, 5.74) is 17.6. The molecule has 0 N–H and O–H groups in total. The molecule has 0 spiro atoms. The fourth-order valence-corrected chi connectivity index (χ4v) is 21.2. The second-order valence-corrected chi connectivity index (χ2v) is 31.4. The highest BCUT2D eigenvalue weighted by atomic mass is 16.5. The van der Waals surface area contributed by atoms with E-state index in [1.807, 2.05) is 16.7 Å². The lowest BCUT2D eigenvalue weighted by atomic mass is 9.52. The van der Waals surface area contributed by atoms with Gasteiger partial charge in [0.2, 0.25) is 0 Å². The Bertz CT molecular complexity index is 3000. The molecule has 12 aliphatic carbocycles. The smallest absolute Gasteiger partial charge is 0.116 e. The fraction of sp³-hybridized carbons (Fsp3) is 0.639. The van der Waals surface area contributed by atoms with E-state index in [9.17, 15) is 0 Å². The van der Waals surface area contributed by atoms with Crippen LogP contribution in [0.4, 0.5) is 5.69 Å². The normalized spacial score (nSPS) is 37.2. The lowest BCUT2D eigenvalue weighted by Gasteiger charge is -2.53. The SMILES string of the molecule is C=CC1C=CC(OC2=CCC(N3c4ccc(C5CC=C(N(C6C=CC7C8=C(CCCC8)C(C8=CCC(OC9CCC(C=C)CC9)CC8)(C8CCCCC8)C7C6)C6CC=C(C(C)(C)C)CC6)CC5)cc4C4CC(C5=CCC(C=C)CC5)=CCC43)CC2)CC1. The Morgan fingerprint density at radius 3 is 2.17 bits per heavy atom. The average molecular weight is 1170 g/mol. The Kier molecular flexibility index (Phi) is 17.9. The third kappa shape index (κ3) is 12.0. The molecule has 4 heteroatoms. The number of fused-ring (bicyclic) bond motifs is 5. The summed E-state index contributed by atoms with van der Waals surface area (Å²) in [5, 5.41) is 0. The zero-order valence-electron chi connectivity index (χ0n) is 54.6. The van der Waals surface area contributed by atoms with Crippen molar-refractivity contribution in [3.05, 3.63) is 173 Å². The van der Waals surface area contributed by atoms with E-state index >= 15 is 0 Å². The molecule has 13 unspecified atom stereocenters. The number of hydrogen-bond donors (Lipinski definition) is 0. The molecule has 0 bridgehead atoms. The highest BCUT2D eigenvalue weighted by molar-refractivity contribution is 5.66. The van der Waals surface area contributed by atoms with Gasteiger partial charge in [-0.3, -0.25) is 0 Å². The third-order valence-electron chi connectivity index (χ3n) is 25.8. The molecule has 0 amide bonds. The molecule has 1 aromatic carbocycles. The van der Waals surface area contributed by atoms with Crippen LogP contribution in [0.1, 0.15) is 256 Å². The number of ether oxygens (including phenoxy) is 2. The van der Waals surface area contributed by atoms with Crippen LogP contribution in [-0.2, 0) is 9.47 Å². The molecule has 2 saturated carbocycles. The van der Waals surface area contributed by atoms with Gasteiger partial charge in [-0.25, -0.2) is 0 Å². The van der Waals surface area contributed by atoms with Crippen LogP contribution in [0.5, 0.6) is 0 Å². The number of nitrogens with zero attached hydrogens (tertiary/aromatic N) is 2.